The quantitative estimate of drug-likeness (QED) is 0.850. The van der Waals surface area contributed by atoms with Crippen molar-refractivity contribution in [3.8, 4) is 0 Å². The summed E-state index contributed by atoms with van der Waals surface area (Å²) in [4.78, 5) is 1.43. The van der Waals surface area contributed by atoms with Gasteiger partial charge in [-0.1, -0.05) is 6.07 Å². The van der Waals surface area contributed by atoms with E-state index in [2.05, 4.69) is 52.4 Å². The lowest BCUT2D eigenvalue weighted by atomic mass is 10.1. The van der Waals surface area contributed by atoms with Crippen LogP contribution in [0.4, 0.5) is 0 Å². The average Bonchev–Trinajstić information content (AvgIpc) is 2.98. The zero-order chi connectivity index (χ0) is 13.8. The zero-order valence-electron chi connectivity index (χ0n) is 11.3. The molecule has 2 N–H and O–H groups in total. The molecule has 3 nitrogen and oxygen atoms in total. The fourth-order valence-corrected chi connectivity index (χ4v) is 3.52. The van der Waals surface area contributed by atoms with E-state index in [0.717, 1.165) is 29.4 Å². The van der Waals surface area contributed by atoms with E-state index in [9.17, 15) is 0 Å². The van der Waals surface area contributed by atoms with E-state index < -0.39 is 0 Å². The zero-order valence-corrected chi connectivity index (χ0v) is 13.7. The Morgan fingerprint density at radius 3 is 2.89 bits per heavy atom. The molecule has 0 radical (unpaired) electrons. The van der Waals surface area contributed by atoms with Crippen LogP contribution in [0.5, 0.6) is 0 Å². The van der Waals surface area contributed by atoms with Gasteiger partial charge in [0.2, 0.25) is 0 Å². The molecule has 0 amide bonds. The summed E-state index contributed by atoms with van der Waals surface area (Å²) in [7, 11) is 0. The molecule has 2 aromatic rings. The smallest absolute Gasteiger partial charge is 0.0696 e. The first kappa shape index (κ1) is 14.8. The van der Waals surface area contributed by atoms with Crippen LogP contribution in [0.15, 0.2) is 28.2 Å². The molecule has 0 aliphatic carbocycles. The van der Waals surface area contributed by atoms with E-state index in [4.69, 9.17) is 5.73 Å². The second kappa shape index (κ2) is 6.68. The molecule has 0 aromatic carbocycles. The Morgan fingerprint density at radius 2 is 2.26 bits per heavy atom. The minimum absolute atomic E-state index is 0.0410. The molecule has 2 rings (SSSR count). The van der Waals surface area contributed by atoms with Crippen LogP contribution in [0.25, 0.3) is 0 Å². The largest absolute Gasteiger partial charge is 0.323 e. The van der Waals surface area contributed by atoms with Gasteiger partial charge in [0.15, 0.2) is 0 Å². The second-order valence-electron chi connectivity index (χ2n) is 4.99. The van der Waals surface area contributed by atoms with Gasteiger partial charge in [0.25, 0.3) is 0 Å². The van der Waals surface area contributed by atoms with Gasteiger partial charge in [-0.2, -0.15) is 5.10 Å². The molecule has 0 aliphatic rings. The van der Waals surface area contributed by atoms with Crippen LogP contribution >= 0.6 is 27.3 Å². The van der Waals surface area contributed by atoms with Crippen molar-refractivity contribution in [1.29, 1.82) is 0 Å². The predicted octanol–water partition coefficient (Wildman–Crippen LogP) is 4.31. The summed E-state index contributed by atoms with van der Waals surface area (Å²) in [5, 5.41) is 6.51. The lowest BCUT2D eigenvalue weighted by Crippen LogP contribution is -2.18. The van der Waals surface area contributed by atoms with E-state index in [1.807, 2.05) is 22.2 Å². The van der Waals surface area contributed by atoms with Gasteiger partial charge < -0.3 is 5.73 Å². The minimum atomic E-state index is 0.0410. The second-order valence-corrected chi connectivity index (χ2v) is 6.88. The van der Waals surface area contributed by atoms with Gasteiger partial charge in [-0.15, -0.1) is 11.3 Å². The molecular weight excluding hydrogens is 322 g/mol. The number of nitrogens with two attached hydrogens (primary N) is 1. The maximum Gasteiger partial charge on any atom is 0.0696 e. The summed E-state index contributed by atoms with van der Waals surface area (Å²) < 4.78 is 3.03. The van der Waals surface area contributed by atoms with Crippen molar-refractivity contribution in [3.05, 3.63) is 38.8 Å². The van der Waals surface area contributed by atoms with Crippen molar-refractivity contribution < 1.29 is 0 Å². The van der Waals surface area contributed by atoms with Crippen LogP contribution in [-0.4, -0.2) is 9.78 Å². The van der Waals surface area contributed by atoms with E-state index in [1.54, 1.807) is 0 Å². The van der Waals surface area contributed by atoms with Gasteiger partial charge in [0, 0.05) is 17.0 Å². The number of hydrogen-bond acceptors (Lipinski definition) is 3. The Balaban J connectivity index is 1.96. The maximum absolute atomic E-state index is 6.33. The highest BCUT2D eigenvalue weighted by Crippen LogP contribution is 2.27. The number of halogens is 1. The van der Waals surface area contributed by atoms with Gasteiger partial charge in [0.05, 0.1) is 16.4 Å². The third kappa shape index (κ3) is 3.68. The van der Waals surface area contributed by atoms with Crippen molar-refractivity contribution in [2.45, 2.75) is 45.2 Å². The molecule has 0 saturated heterocycles. The third-order valence-electron chi connectivity index (χ3n) is 3.15. The lowest BCUT2D eigenvalue weighted by Gasteiger charge is -2.17. The normalized spacial score (nSPS) is 13.1. The molecule has 0 spiro atoms. The molecule has 0 bridgehead atoms. The topological polar surface area (TPSA) is 43.8 Å². The Labute approximate surface area is 126 Å². The summed E-state index contributed by atoms with van der Waals surface area (Å²) in [6.07, 6.45) is 5.04. The molecular formula is C14H20BrN3S. The van der Waals surface area contributed by atoms with Crippen LogP contribution in [0.1, 0.15) is 49.3 Å². The van der Waals surface area contributed by atoms with Crippen molar-refractivity contribution in [3.63, 3.8) is 0 Å². The van der Waals surface area contributed by atoms with Crippen molar-refractivity contribution in [1.82, 2.24) is 9.78 Å². The number of aromatic nitrogens is 2. The molecule has 2 heterocycles. The maximum atomic E-state index is 6.33. The van der Waals surface area contributed by atoms with Crippen molar-refractivity contribution in [2.24, 2.45) is 5.73 Å². The van der Waals surface area contributed by atoms with Gasteiger partial charge in [0.1, 0.15) is 0 Å². The van der Waals surface area contributed by atoms with E-state index in [0.29, 0.717) is 6.04 Å². The standard InChI is InChI=1S/C14H20BrN3S/c1-10(2)18-14(12(15)9-17-18)13(16)7-3-5-11-6-4-8-19-11/h4,6,8-10,13H,3,5,7,16H2,1-2H3. The Morgan fingerprint density at radius 1 is 1.47 bits per heavy atom. The van der Waals surface area contributed by atoms with E-state index in [-0.39, 0.29) is 6.04 Å². The highest BCUT2D eigenvalue weighted by molar-refractivity contribution is 9.10. The molecule has 104 valence electrons. The predicted molar refractivity (Wildman–Crippen MR) is 84.5 cm³/mol. The van der Waals surface area contributed by atoms with E-state index in [1.165, 1.54) is 4.88 Å². The van der Waals surface area contributed by atoms with Gasteiger partial charge >= 0.3 is 0 Å². The average molecular weight is 342 g/mol. The van der Waals surface area contributed by atoms with Gasteiger partial charge in [-0.05, 0) is 60.5 Å². The minimum Gasteiger partial charge on any atom is -0.323 e. The van der Waals surface area contributed by atoms with E-state index >= 15 is 0 Å². The Kier molecular flexibility index (Phi) is 5.19. The van der Waals surface area contributed by atoms with Crippen molar-refractivity contribution in [2.75, 3.05) is 0 Å². The first-order valence-corrected chi connectivity index (χ1v) is 8.27. The lowest BCUT2D eigenvalue weighted by molar-refractivity contribution is 0.471. The van der Waals surface area contributed by atoms with Gasteiger partial charge in [-0.25, -0.2) is 0 Å². The fraction of sp³-hybridized carbons (Fsp3) is 0.500. The van der Waals surface area contributed by atoms with Crippen LogP contribution in [0, 0.1) is 0 Å². The molecule has 1 atom stereocenters. The number of aryl methyl sites for hydroxylation is 1. The molecule has 19 heavy (non-hydrogen) atoms. The van der Waals surface area contributed by atoms with Crippen LogP contribution in [0.2, 0.25) is 0 Å². The molecule has 0 fully saturated rings. The van der Waals surface area contributed by atoms with Crippen LogP contribution in [-0.2, 0) is 6.42 Å². The first-order valence-electron chi connectivity index (χ1n) is 6.60. The highest BCUT2D eigenvalue weighted by Gasteiger charge is 2.17. The van der Waals surface area contributed by atoms with Gasteiger partial charge in [-0.3, -0.25) is 4.68 Å². The number of rotatable bonds is 6. The Bertz CT molecular complexity index is 505. The highest BCUT2D eigenvalue weighted by atomic mass is 79.9. The molecule has 5 heteroatoms. The van der Waals surface area contributed by atoms with Crippen LogP contribution < -0.4 is 5.73 Å². The Hall–Kier alpha value is -0.650. The molecule has 1 unspecified atom stereocenters. The number of hydrogen-bond donors (Lipinski definition) is 1. The molecule has 0 aliphatic heterocycles. The number of nitrogens with zero attached hydrogens (tertiary/aromatic N) is 2. The number of thiophene rings is 1. The summed E-state index contributed by atoms with van der Waals surface area (Å²) >= 11 is 5.37. The summed E-state index contributed by atoms with van der Waals surface area (Å²) in [5.74, 6) is 0. The SMILES string of the molecule is CC(C)n1ncc(Br)c1C(N)CCCc1cccs1. The summed E-state index contributed by atoms with van der Waals surface area (Å²) in [6, 6.07) is 4.67. The van der Waals surface area contributed by atoms with Crippen molar-refractivity contribution >= 4 is 27.3 Å². The first-order chi connectivity index (χ1) is 9.09. The summed E-state index contributed by atoms with van der Waals surface area (Å²) in [5.41, 5.74) is 7.44. The fourth-order valence-electron chi connectivity index (χ4n) is 2.20. The molecule has 2 aromatic heterocycles. The summed E-state index contributed by atoms with van der Waals surface area (Å²) in [6.45, 7) is 4.25. The monoisotopic (exact) mass is 341 g/mol. The van der Waals surface area contributed by atoms with Crippen LogP contribution in [0.3, 0.4) is 0 Å². The molecule has 0 saturated carbocycles. The third-order valence-corrected chi connectivity index (χ3v) is 4.69.